The van der Waals surface area contributed by atoms with Crippen molar-refractivity contribution in [3.8, 4) is 0 Å². The molecule has 3 fully saturated rings. The number of methoxy groups -OCH3 is 1. The number of nitrogens with one attached hydrogen (secondary N) is 2. The van der Waals surface area contributed by atoms with E-state index in [9.17, 15) is 18.0 Å². The molecule has 3 aliphatic heterocycles. The van der Waals surface area contributed by atoms with Gasteiger partial charge in [0.05, 0.1) is 12.9 Å². The van der Waals surface area contributed by atoms with Gasteiger partial charge in [-0.05, 0) is 68.4 Å². The molecule has 2 bridgehead atoms. The maximum atomic E-state index is 15.2. The second-order valence-corrected chi connectivity index (χ2v) is 14.4. The molecule has 9 nitrogen and oxygen atoms in total. The van der Waals surface area contributed by atoms with Crippen LogP contribution in [-0.4, -0.2) is 80.7 Å². The summed E-state index contributed by atoms with van der Waals surface area (Å²) in [5.41, 5.74) is 1.11. The van der Waals surface area contributed by atoms with E-state index in [4.69, 9.17) is 16.3 Å². The molecular formula is C33H46ClFN4O5S. The van der Waals surface area contributed by atoms with Gasteiger partial charge in [-0.15, -0.1) is 0 Å². The summed E-state index contributed by atoms with van der Waals surface area (Å²) >= 11 is 6.17. The standard InChI is InChI=1S/C31H40ClFN4O5S.C2H6/c1-21(31(22-8-10-23(32)11-9-22)14-16-36(17-15-31)30(39)42-2)29(38)35-28-7-3-6-27(33)26(28)13-12-25-19-34-24-5-4-18-43(40,41)37(25)20-24;1-2/h3,6-11,21,24-25,34H,4-5,12-20H2,1-2H3,(H,35,38);1-2H3/t21-,24-,25+;/m1./s1. The van der Waals surface area contributed by atoms with Gasteiger partial charge in [-0.3, -0.25) is 4.79 Å². The number of fused-ring (bicyclic) bond motifs is 2. The first-order valence-corrected chi connectivity index (χ1v) is 17.9. The lowest BCUT2D eigenvalue weighted by Gasteiger charge is -2.45. The molecule has 45 heavy (non-hydrogen) atoms. The average molecular weight is 665 g/mol. The zero-order valence-electron chi connectivity index (χ0n) is 26.7. The van der Waals surface area contributed by atoms with Crippen molar-refractivity contribution >= 4 is 39.3 Å². The molecule has 2 aromatic rings. The van der Waals surface area contributed by atoms with Crippen LogP contribution in [0.25, 0.3) is 0 Å². The third-order valence-corrected chi connectivity index (χ3v) is 11.8. The van der Waals surface area contributed by atoms with Crippen molar-refractivity contribution in [3.63, 3.8) is 0 Å². The van der Waals surface area contributed by atoms with E-state index >= 15 is 4.39 Å². The summed E-state index contributed by atoms with van der Waals surface area (Å²) in [5, 5.41) is 7.04. The number of anilines is 1. The number of carbonyl (C=O) groups excluding carboxylic acids is 2. The molecular weight excluding hydrogens is 619 g/mol. The number of halogens is 2. The number of nitrogens with zero attached hydrogens (tertiary/aromatic N) is 2. The minimum absolute atomic E-state index is 0.132. The molecule has 0 aromatic heterocycles. The van der Waals surface area contributed by atoms with Crippen LogP contribution in [0.4, 0.5) is 14.9 Å². The van der Waals surface area contributed by atoms with E-state index in [0.29, 0.717) is 68.1 Å². The number of likely N-dealkylation sites (tertiary alicyclic amines) is 1. The van der Waals surface area contributed by atoms with Gasteiger partial charge in [0.15, 0.2) is 0 Å². The highest BCUT2D eigenvalue weighted by molar-refractivity contribution is 7.89. The molecule has 3 heterocycles. The van der Waals surface area contributed by atoms with Crippen LogP contribution in [-0.2, 0) is 31.4 Å². The van der Waals surface area contributed by atoms with Gasteiger partial charge in [0.2, 0.25) is 15.9 Å². The summed E-state index contributed by atoms with van der Waals surface area (Å²) in [6.45, 7) is 7.67. The molecule has 0 aliphatic carbocycles. The highest BCUT2D eigenvalue weighted by atomic mass is 35.5. The molecule has 5 rings (SSSR count). The first-order valence-electron chi connectivity index (χ1n) is 15.9. The van der Waals surface area contributed by atoms with Gasteiger partial charge in [-0.1, -0.05) is 50.6 Å². The summed E-state index contributed by atoms with van der Waals surface area (Å²) in [6.07, 6.45) is 2.82. The molecule has 3 aliphatic rings. The van der Waals surface area contributed by atoms with Gasteiger partial charge >= 0.3 is 6.09 Å². The second kappa shape index (κ2) is 15.2. The van der Waals surface area contributed by atoms with Crippen molar-refractivity contribution in [1.82, 2.24) is 14.5 Å². The smallest absolute Gasteiger partial charge is 0.409 e. The van der Waals surface area contributed by atoms with Crippen LogP contribution in [0.3, 0.4) is 0 Å². The normalized spacial score (nSPS) is 24.3. The minimum Gasteiger partial charge on any atom is -0.453 e. The molecule has 0 radical (unpaired) electrons. The van der Waals surface area contributed by atoms with E-state index in [1.54, 1.807) is 33.5 Å². The van der Waals surface area contributed by atoms with E-state index in [0.717, 1.165) is 12.0 Å². The quantitative estimate of drug-likeness (QED) is 0.400. The molecule has 3 saturated heterocycles. The Morgan fingerprint density at radius 2 is 1.84 bits per heavy atom. The van der Waals surface area contributed by atoms with Crippen LogP contribution in [0.15, 0.2) is 42.5 Å². The van der Waals surface area contributed by atoms with Gasteiger partial charge in [0.1, 0.15) is 5.82 Å². The van der Waals surface area contributed by atoms with Crippen molar-refractivity contribution in [2.45, 2.75) is 76.8 Å². The Bertz CT molecular complexity index is 1430. The van der Waals surface area contributed by atoms with E-state index < -0.39 is 33.3 Å². The predicted molar refractivity (Wildman–Crippen MR) is 176 cm³/mol. The van der Waals surface area contributed by atoms with Crippen LogP contribution >= 0.6 is 11.6 Å². The summed E-state index contributed by atoms with van der Waals surface area (Å²) in [7, 11) is -2.01. The fraction of sp³-hybridized carbons (Fsp3) is 0.576. The third kappa shape index (κ3) is 7.81. The van der Waals surface area contributed by atoms with E-state index in [1.807, 2.05) is 32.9 Å². The zero-order chi connectivity index (χ0) is 32.8. The fourth-order valence-corrected chi connectivity index (χ4v) is 8.88. The molecule has 1 unspecified atom stereocenters. The molecule has 2 aromatic carbocycles. The summed E-state index contributed by atoms with van der Waals surface area (Å²) in [5.74, 6) is -1.09. The van der Waals surface area contributed by atoms with Crippen molar-refractivity contribution in [1.29, 1.82) is 0 Å². The highest BCUT2D eigenvalue weighted by Crippen LogP contribution is 2.43. The van der Waals surface area contributed by atoms with Crippen LogP contribution in [0.5, 0.6) is 0 Å². The highest BCUT2D eigenvalue weighted by Gasteiger charge is 2.45. The number of piperidine rings is 1. The molecule has 0 spiro atoms. The van der Waals surface area contributed by atoms with Gasteiger partial charge < -0.3 is 20.3 Å². The predicted octanol–water partition coefficient (Wildman–Crippen LogP) is 5.58. The lowest BCUT2D eigenvalue weighted by molar-refractivity contribution is -0.122. The van der Waals surface area contributed by atoms with Crippen LogP contribution < -0.4 is 10.6 Å². The number of piperazine rings is 1. The largest absolute Gasteiger partial charge is 0.453 e. The Labute approximate surface area is 271 Å². The summed E-state index contributed by atoms with van der Waals surface area (Å²) in [4.78, 5) is 27.7. The molecule has 4 atom stereocenters. The molecule has 2 N–H and O–H groups in total. The molecule has 0 saturated carbocycles. The lowest BCUT2D eigenvalue weighted by Crippen LogP contribution is -2.57. The Morgan fingerprint density at radius 3 is 2.51 bits per heavy atom. The Morgan fingerprint density at radius 1 is 1.16 bits per heavy atom. The Balaban J connectivity index is 0.00000226. The monoisotopic (exact) mass is 664 g/mol. The minimum atomic E-state index is -3.37. The lowest BCUT2D eigenvalue weighted by atomic mass is 9.64. The number of ether oxygens (including phenoxy) is 1. The fourth-order valence-electron chi connectivity index (χ4n) is 6.95. The SMILES string of the molecule is CC.COC(=O)N1CCC(c2ccc(Cl)cc2)([C@H](C)C(=O)Nc2cccc(F)c2CC[C@H]2CN[C@@H]3CCCS(=O)(=O)N2C3)CC1. The van der Waals surface area contributed by atoms with Crippen molar-refractivity contribution < 1.29 is 27.1 Å². The average Bonchev–Trinajstić information content (AvgIpc) is 3.16. The first kappa shape index (κ1) is 35.1. The van der Waals surface area contributed by atoms with Crippen LogP contribution in [0.2, 0.25) is 5.02 Å². The first-order chi connectivity index (χ1) is 21.5. The molecule has 2 amide bonds. The van der Waals surface area contributed by atoms with E-state index in [-0.39, 0.29) is 30.2 Å². The Hall–Kier alpha value is -2.73. The molecule has 12 heteroatoms. The van der Waals surface area contributed by atoms with Crippen molar-refractivity contribution in [3.05, 3.63) is 64.4 Å². The number of hydrogen-bond donors (Lipinski definition) is 2. The number of carbonyl (C=O) groups is 2. The topological polar surface area (TPSA) is 108 Å². The van der Waals surface area contributed by atoms with E-state index in [1.165, 1.54) is 13.2 Å². The Kier molecular flexibility index (Phi) is 11.9. The second-order valence-electron chi connectivity index (χ2n) is 11.9. The number of amides is 2. The number of hydrogen-bond acceptors (Lipinski definition) is 6. The zero-order valence-corrected chi connectivity index (χ0v) is 28.2. The number of sulfonamides is 1. The van der Waals surface area contributed by atoms with Crippen LogP contribution in [0, 0.1) is 11.7 Å². The van der Waals surface area contributed by atoms with Crippen molar-refractivity contribution in [2.75, 3.05) is 44.4 Å². The van der Waals surface area contributed by atoms with Gasteiger partial charge in [-0.2, -0.15) is 4.31 Å². The van der Waals surface area contributed by atoms with Gasteiger partial charge in [0.25, 0.3) is 0 Å². The van der Waals surface area contributed by atoms with Gasteiger partial charge in [-0.25, -0.2) is 17.6 Å². The van der Waals surface area contributed by atoms with Gasteiger partial charge in [0, 0.05) is 65.9 Å². The summed E-state index contributed by atoms with van der Waals surface area (Å²) in [6, 6.07) is 11.9. The van der Waals surface area contributed by atoms with Crippen LogP contribution in [0.1, 0.15) is 64.0 Å². The van der Waals surface area contributed by atoms with Crippen molar-refractivity contribution in [2.24, 2.45) is 5.92 Å². The third-order valence-electron chi connectivity index (χ3n) is 9.60. The van der Waals surface area contributed by atoms with E-state index in [2.05, 4.69) is 10.6 Å². The summed E-state index contributed by atoms with van der Waals surface area (Å²) < 4.78 is 47.6. The number of benzene rings is 2. The molecule has 248 valence electrons. The maximum absolute atomic E-state index is 15.2. The maximum Gasteiger partial charge on any atom is 0.409 e. The number of rotatable bonds is 7.